The molecule has 0 radical (unpaired) electrons. The Bertz CT molecular complexity index is 775. The highest BCUT2D eigenvalue weighted by Gasteiger charge is 2.23. The quantitative estimate of drug-likeness (QED) is 0.734. The third-order valence-corrected chi connectivity index (χ3v) is 3.89. The minimum atomic E-state index is 0.275. The number of aryl methyl sites for hydroxylation is 1. The van der Waals surface area contributed by atoms with Gasteiger partial charge in [0.2, 0.25) is 5.95 Å². The van der Waals surface area contributed by atoms with Gasteiger partial charge in [0.25, 0.3) is 0 Å². The number of nitrogens with zero attached hydrogens (tertiary/aromatic N) is 3. The summed E-state index contributed by atoms with van der Waals surface area (Å²) in [7, 11) is 0. The molecular formula is C16H16N4. The predicted molar refractivity (Wildman–Crippen MR) is 80.0 cm³/mol. The molecule has 100 valence electrons. The minimum absolute atomic E-state index is 0.275. The van der Waals surface area contributed by atoms with Gasteiger partial charge in [-0.1, -0.05) is 36.4 Å². The fraction of sp³-hybridized carbons (Fsp3) is 0.250. The SMILES string of the molecule is Cc1nc2n(n1)C(c1ccc3ccccc3c1)CCN2. The number of hydrogen-bond donors (Lipinski definition) is 1. The highest BCUT2D eigenvalue weighted by atomic mass is 15.4. The average Bonchev–Trinajstić information content (AvgIpc) is 2.86. The summed E-state index contributed by atoms with van der Waals surface area (Å²) in [6.07, 6.45) is 1.04. The molecule has 4 rings (SSSR count). The van der Waals surface area contributed by atoms with Crippen LogP contribution in [0.4, 0.5) is 5.95 Å². The van der Waals surface area contributed by atoms with E-state index < -0.39 is 0 Å². The standard InChI is InChI=1S/C16H16N4/c1-11-18-16-17-9-8-15(20(16)19-11)14-7-6-12-4-2-3-5-13(12)10-14/h2-7,10,15H,8-9H2,1H3,(H,17,18,19). The summed E-state index contributed by atoms with van der Waals surface area (Å²) in [5, 5.41) is 10.4. The van der Waals surface area contributed by atoms with Crippen LogP contribution in [0.5, 0.6) is 0 Å². The predicted octanol–water partition coefficient (Wildman–Crippen LogP) is 3.14. The Balaban J connectivity index is 1.83. The molecule has 0 saturated carbocycles. The van der Waals surface area contributed by atoms with Gasteiger partial charge in [-0.2, -0.15) is 10.1 Å². The number of fused-ring (bicyclic) bond motifs is 2. The molecule has 4 heteroatoms. The first-order valence-electron chi connectivity index (χ1n) is 6.97. The Hall–Kier alpha value is -2.36. The molecule has 1 aliphatic heterocycles. The molecule has 3 aromatic rings. The van der Waals surface area contributed by atoms with Crippen molar-refractivity contribution in [2.45, 2.75) is 19.4 Å². The molecule has 0 bridgehead atoms. The molecule has 1 atom stereocenters. The van der Waals surface area contributed by atoms with Crippen molar-refractivity contribution in [2.75, 3.05) is 11.9 Å². The number of benzene rings is 2. The van der Waals surface area contributed by atoms with Crippen molar-refractivity contribution < 1.29 is 0 Å². The molecule has 0 aliphatic carbocycles. The van der Waals surface area contributed by atoms with Crippen molar-refractivity contribution >= 4 is 16.7 Å². The van der Waals surface area contributed by atoms with Crippen LogP contribution in [0.25, 0.3) is 10.8 Å². The van der Waals surface area contributed by atoms with E-state index in [2.05, 4.69) is 57.9 Å². The van der Waals surface area contributed by atoms with Crippen LogP contribution < -0.4 is 5.32 Å². The molecule has 0 saturated heterocycles. The van der Waals surface area contributed by atoms with E-state index in [9.17, 15) is 0 Å². The zero-order valence-corrected chi connectivity index (χ0v) is 11.4. The Labute approximate surface area is 117 Å². The van der Waals surface area contributed by atoms with Gasteiger partial charge in [0.05, 0.1) is 6.04 Å². The summed E-state index contributed by atoms with van der Waals surface area (Å²) in [5.41, 5.74) is 1.30. The van der Waals surface area contributed by atoms with Crippen LogP contribution >= 0.6 is 0 Å². The number of hydrogen-bond acceptors (Lipinski definition) is 3. The van der Waals surface area contributed by atoms with Crippen molar-refractivity contribution in [1.82, 2.24) is 14.8 Å². The van der Waals surface area contributed by atoms with Crippen LogP contribution in [0.2, 0.25) is 0 Å². The maximum absolute atomic E-state index is 4.53. The van der Waals surface area contributed by atoms with E-state index in [0.29, 0.717) is 0 Å². The second-order valence-electron chi connectivity index (χ2n) is 5.27. The first-order valence-corrected chi connectivity index (χ1v) is 6.97. The Morgan fingerprint density at radius 3 is 2.90 bits per heavy atom. The summed E-state index contributed by atoms with van der Waals surface area (Å²) >= 11 is 0. The molecule has 1 unspecified atom stereocenters. The van der Waals surface area contributed by atoms with Gasteiger partial charge in [0.1, 0.15) is 5.82 Å². The minimum Gasteiger partial charge on any atom is -0.354 e. The largest absolute Gasteiger partial charge is 0.354 e. The lowest BCUT2D eigenvalue weighted by atomic mass is 9.99. The summed E-state index contributed by atoms with van der Waals surface area (Å²) < 4.78 is 2.02. The van der Waals surface area contributed by atoms with Gasteiger partial charge in [-0.15, -0.1) is 0 Å². The topological polar surface area (TPSA) is 42.7 Å². The van der Waals surface area contributed by atoms with Crippen LogP contribution in [0.15, 0.2) is 42.5 Å². The number of rotatable bonds is 1. The third kappa shape index (κ3) is 1.76. The van der Waals surface area contributed by atoms with E-state index in [1.165, 1.54) is 16.3 Å². The van der Waals surface area contributed by atoms with E-state index in [-0.39, 0.29) is 6.04 Å². The van der Waals surface area contributed by atoms with Crippen LogP contribution in [0, 0.1) is 6.92 Å². The van der Waals surface area contributed by atoms with Crippen molar-refractivity contribution in [3.8, 4) is 0 Å². The Morgan fingerprint density at radius 1 is 1.15 bits per heavy atom. The molecule has 20 heavy (non-hydrogen) atoms. The molecule has 4 nitrogen and oxygen atoms in total. The van der Waals surface area contributed by atoms with E-state index in [0.717, 1.165) is 24.7 Å². The molecule has 1 aromatic heterocycles. The van der Waals surface area contributed by atoms with Gasteiger partial charge >= 0.3 is 0 Å². The third-order valence-electron chi connectivity index (χ3n) is 3.89. The zero-order valence-electron chi connectivity index (χ0n) is 11.4. The van der Waals surface area contributed by atoms with Crippen molar-refractivity contribution in [2.24, 2.45) is 0 Å². The van der Waals surface area contributed by atoms with Gasteiger partial charge in [-0.05, 0) is 35.7 Å². The first-order chi connectivity index (χ1) is 9.81. The molecule has 2 heterocycles. The molecule has 1 aliphatic rings. The fourth-order valence-corrected chi connectivity index (χ4v) is 2.93. The molecule has 2 aromatic carbocycles. The lowest BCUT2D eigenvalue weighted by molar-refractivity contribution is 0.479. The van der Waals surface area contributed by atoms with Gasteiger partial charge in [-0.3, -0.25) is 0 Å². The van der Waals surface area contributed by atoms with Gasteiger partial charge in [0, 0.05) is 6.54 Å². The van der Waals surface area contributed by atoms with Gasteiger partial charge in [-0.25, -0.2) is 4.68 Å². The maximum atomic E-state index is 4.53. The van der Waals surface area contributed by atoms with Crippen molar-refractivity contribution in [1.29, 1.82) is 0 Å². The monoisotopic (exact) mass is 264 g/mol. The van der Waals surface area contributed by atoms with Gasteiger partial charge in [0.15, 0.2) is 0 Å². The van der Waals surface area contributed by atoms with Crippen molar-refractivity contribution in [3.05, 3.63) is 53.9 Å². The van der Waals surface area contributed by atoms with Crippen LogP contribution in [-0.4, -0.2) is 21.3 Å². The number of anilines is 1. The van der Waals surface area contributed by atoms with E-state index in [1.54, 1.807) is 0 Å². The highest BCUT2D eigenvalue weighted by molar-refractivity contribution is 5.83. The lowest BCUT2D eigenvalue weighted by Gasteiger charge is -2.25. The summed E-state index contributed by atoms with van der Waals surface area (Å²) in [5.74, 6) is 1.70. The number of aromatic nitrogens is 3. The Kier molecular flexibility index (Phi) is 2.49. The van der Waals surface area contributed by atoms with Crippen molar-refractivity contribution in [3.63, 3.8) is 0 Å². The lowest BCUT2D eigenvalue weighted by Crippen LogP contribution is -2.24. The summed E-state index contributed by atoms with van der Waals surface area (Å²) in [6, 6.07) is 15.4. The van der Waals surface area contributed by atoms with E-state index in [1.807, 2.05) is 11.6 Å². The highest BCUT2D eigenvalue weighted by Crippen LogP contribution is 2.30. The maximum Gasteiger partial charge on any atom is 0.221 e. The molecular weight excluding hydrogens is 248 g/mol. The fourth-order valence-electron chi connectivity index (χ4n) is 2.93. The zero-order chi connectivity index (χ0) is 13.5. The summed E-state index contributed by atoms with van der Waals surface area (Å²) in [4.78, 5) is 4.43. The second-order valence-corrected chi connectivity index (χ2v) is 5.27. The van der Waals surface area contributed by atoms with Crippen LogP contribution in [0.1, 0.15) is 23.9 Å². The van der Waals surface area contributed by atoms with E-state index in [4.69, 9.17) is 0 Å². The first kappa shape index (κ1) is 11.5. The Morgan fingerprint density at radius 2 is 2.00 bits per heavy atom. The van der Waals surface area contributed by atoms with E-state index >= 15 is 0 Å². The second kappa shape index (κ2) is 4.34. The van der Waals surface area contributed by atoms with Gasteiger partial charge < -0.3 is 5.32 Å². The molecule has 0 amide bonds. The molecule has 1 N–H and O–H groups in total. The smallest absolute Gasteiger partial charge is 0.221 e. The average molecular weight is 264 g/mol. The van der Waals surface area contributed by atoms with Crippen LogP contribution in [-0.2, 0) is 0 Å². The normalized spacial score (nSPS) is 17.8. The number of nitrogens with one attached hydrogen (secondary N) is 1. The molecule has 0 spiro atoms. The summed E-state index contributed by atoms with van der Waals surface area (Å²) in [6.45, 7) is 2.88. The van der Waals surface area contributed by atoms with Crippen LogP contribution in [0.3, 0.4) is 0 Å². The molecule has 0 fully saturated rings.